The van der Waals surface area contributed by atoms with Crippen molar-refractivity contribution >= 4 is 45.2 Å². The molecule has 1 aromatic carbocycles. The molecule has 1 rings (SSSR count). The molecule has 0 nitrogen and oxygen atoms in total. The van der Waals surface area contributed by atoms with Crippen molar-refractivity contribution < 1.29 is 0 Å². The van der Waals surface area contributed by atoms with E-state index in [1.807, 2.05) is 0 Å². The Morgan fingerprint density at radius 2 is 0.929 bits per heavy atom. The molecular formula is C26H44I2. The van der Waals surface area contributed by atoms with Crippen molar-refractivity contribution in [2.75, 3.05) is 0 Å². The van der Waals surface area contributed by atoms with Gasteiger partial charge in [0.05, 0.1) is 0 Å². The van der Waals surface area contributed by atoms with E-state index >= 15 is 0 Å². The molecule has 0 spiro atoms. The second-order valence-electron chi connectivity index (χ2n) is 9.97. The quantitative estimate of drug-likeness (QED) is 0.184. The second-order valence-corrected chi connectivity index (χ2v) is 12.3. The highest BCUT2D eigenvalue weighted by molar-refractivity contribution is 14.1. The van der Waals surface area contributed by atoms with Crippen LogP contribution in [0.15, 0.2) is 12.1 Å². The molecule has 0 saturated carbocycles. The minimum atomic E-state index is 0.846. The molecule has 0 radical (unpaired) electrons. The third-order valence-corrected chi connectivity index (χ3v) is 7.99. The van der Waals surface area contributed by atoms with Crippen molar-refractivity contribution in [1.29, 1.82) is 0 Å². The van der Waals surface area contributed by atoms with Gasteiger partial charge in [-0.3, -0.25) is 0 Å². The molecule has 2 atom stereocenters. The molecule has 0 amide bonds. The van der Waals surface area contributed by atoms with Crippen molar-refractivity contribution in [3.63, 3.8) is 0 Å². The molecule has 0 bridgehead atoms. The Balaban J connectivity index is 2.46. The lowest BCUT2D eigenvalue weighted by atomic mass is 9.92. The number of hydrogen-bond acceptors (Lipinski definition) is 0. The molecule has 0 aliphatic heterocycles. The van der Waals surface area contributed by atoms with E-state index in [-0.39, 0.29) is 0 Å². The van der Waals surface area contributed by atoms with Crippen LogP contribution in [0.5, 0.6) is 0 Å². The van der Waals surface area contributed by atoms with E-state index in [0.29, 0.717) is 0 Å². The normalized spacial score (nSPS) is 14.1. The van der Waals surface area contributed by atoms with Gasteiger partial charge in [-0.15, -0.1) is 0 Å². The molecule has 2 heteroatoms. The summed E-state index contributed by atoms with van der Waals surface area (Å²) in [6, 6.07) is 4.95. The van der Waals surface area contributed by atoms with Crippen LogP contribution in [0.2, 0.25) is 0 Å². The van der Waals surface area contributed by atoms with Crippen LogP contribution < -0.4 is 0 Å². The van der Waals surface area contributed by atoms with Gasteiger partial charge in [-0.2, -0.15) is 0 Å². The van der Waals surface area contributed by atoms with Gasteiger partial charge in [0.15, 0.2) is 0 Å². The lowest BCUT2D eigenvalue weighted by molar-refractivity contribution is 0.435. The van der Waals surface area contributed by atoms with Gasteiger partial charge in [-0.05, 0) is 118 Å². The summed E-state index contributed by atoms with van der Waals surface area (Å²) >= 11 is 5.14. The first-order chi connectivity index (χ1) is 13.2. The summed E-state index contributed by atoms with van der Waals surface area (Å²) in [7, 11) is 0. The third kappa shape index (κ3) is 11.8. The van der Waals surface area contributed by atoms with E-state index in [4.69, 9.17) is 0 Å². The summed E-state index contributed by atoms with van der Waals surface area (Å²) in [4.78, 5) is 0. The molecule has 162 valence electrons. The minimum Gasteiger partial charge on any atom is -0.0628 e. The average molecular weight is 610 g/mol. The van der Waals surface area contributed by atoms with Crippen LogP contribution in [0.25, 0.3) is 0 Å². The van der Waals surface area contributed by atoms with Gasteiger partial charge < -0.3 is 0 Å². The summed E-state index contributed by atoms with van der Waals surface area (Å²) in [5, 5.41) is 0. The van der Waals surface area contributed by atoms with Crippen molar-refractivity contribution in [2.24, 2.45) is 23.7 Å². The molecule has 0 aromatic heterocycles. The highest BCUT2D eigenvalue weighted by atomic mass is 127. The Hall–Kier alpha value is 0.680. The van der Waals surface area contributed by atoms with Crippen LogP contribution in [0.3, 0.4) is 0 Å². The maximum absolute atomic E-state index is 2.57. The highest BCUT2D eigenvalue weighted by Crippen LogP contribution is 2.26. The SMILES string of the molecule is CC(C)CCC[C@@H](C)CCc1cc(I)c(CC[C@@H](C)CCCC(C)C)cc1I. The molecule has 0 heterocycles. The van der Waals surface area contributed by atoms with Crippen LogP contribution in [-0.4, -0.2) is 0 Å². The van der Waals surface area contributed by atoms with Gasteiger partial charge in [-0.25, -0.2) is 0 Å². The fraction of sp³-hybridized carbons (Fsp3) is 0.769. The van der Waals surface area contributed by atoms with Crippen molar-refractivity contribution in [3.8, 4) is 0 Å². The smallest absolute Gasteiger partial charge is 0.0165 e. The van der Waals surface area contributed by atoms with Gasteiger partial charge in [-0.1, -0.05) is 80.1 Å². The number of halogens is 2. The van der Waals surface area contributed by atoms with Gasteiger partial charge in [0.1, 0.15) is 0 Å². The highest BCUT2D eigenvalue weighted by Gasteiger charge is 2.11. The van der Waals surface area contributed by atoms with Crippen LogP contribution in [0.1, 0.15) is 104 Å². The van der Waals surface area contributed by atoms with E-state index in [2.05, 4.69) is 98.9 Å². The van der Waals surface area contributed by atoms with Gasteiger partial charge >= 0.3 is 0 Å². The zero-order chi connectivity index (χ0) is 21.1. The van der Waals surface area contributed by atoms with Crippen LogP contribution >= 0.6 is 45.2 Å². The Kier molecular flexibility index (Phi) is 14.0. The molecule has 0 aliphatic carbocycles. The number of aryl methyl sites for hydroxylation is 2. The fourth-order valence-corrected chi connectivity index (χ4v) is 5.46. The molecule has 1 aromatic rings. The first-order valence-corrected chi connectivity index (χ1v) is 13.8. The van der Waals surface area contributed by atoms with Crippen LogP contribution in [-0.2, 0) is 12.8 Å². The first kappa shape index (κ1) is 26.7. The maximum atomic E-state index is 2.57. The molecule has 0 saturated heterocycles. The summed E-state index contributed by atoms with van der Waals surface area (Å²) in [6.07, 6.45) is 13.5. The number of hydrogen-bond donors (Lipinski definition) is 0. The van der Waals surface area contributed by atoms with Gasteiger partial charge in [0.2, 0.25) is 0 Å². The molecule has 28 heavy (non-hydrogen) atoms. The summed E-state index contributed by atoms with van der Waals surface area (Å²) in [5.74, 6) is 3.39. The van der Waals surface area contributed by atoms with E-state index in [1.165, 1.54) is 71.3 Å². The largest absolute Gasteiger partial charge is 0.0628 e. The van der Waals surface area contributed by atoms with E-state index in [9.17, 15) is 0 Å². The lowest BCUT2D eigenvalue weighted by Crippen LogP contribution is -2.03. The summed E-state index contributed by atoms with van der Waals surface area (Å²) < 4.78 is 2.96. The molecule has 0 N–H and O–H groups in total. The lowest BCUT2D eigenvalue weighted by Gasteiger charge is -2.16. The maximum Gasteiger partial charge on any atom is 0.0165 e. The first-order valence-electron chi connectivity index (χ1n) is 11.7. The van der Waals surface area contributed by atoms with E-state index < -0.39 is 0 Å². The average Bonchev–Trinajstić information content (AvgIpc) is 2.60. The third-order valence-electron chi connectivity index (χ3n) is 5.99. The summed E-state index contributed by atoms with van der Waals surface area (Å²) in [6.45, 7) is 14.2. The predicted octanol–water partition coefficient (Wildman–Crippen LogP) is 9.69. The van der Waals surface area contributed by atoms with E-state index in [1.54, 1.807) is 11.1 Å². The van der Waals surface area contributed by atoms with E-state index in [0.717, 1.165) is 23.7 Å². The zero-order valence-corrected chi connectivity index (χ0v) is 23.6. The number of benzene rings is 1. The van der Waals surface area contributed by atoms with Gasteiger partial charge in [0.25, 0.3) is 0 Å². The minimum absolute atomic E-state index is 0.846. The Morgan fingerprint density at radius 3 is 1.25 bits per heavy atom. The fourth-order valence-electron chi connectivity index (χ4n) is 3.85. The van der Waals surface area contributed by atoms with Gasteiger partial charge in [0, 0.05) is 7.14 Å². The monoisotopic (exact) mass is 610 g/mol. The van der Waals surface area contributed by atoms with Crippen molar-refractivity contribution in [2.45, 2.75) is 106 Å². The zero-order valence-electron chi connectivity index (χ0n) is 19.3. The standard InChI is InChI=1S/C26H44I2/c1-19(2)9-7-11-21(5)13-15-23-17-26(28)24(18-25(23)27)16-14-22(6)12-8-10-20(3)4/h17-22H,7-16H2,1-6H3/t21-,22+. The predicted molar refractivity (Wildman–Crippen MR) is 144 cm³/mol. The Labute approximate surface area is 203 Å². The number of rotatable bonds is 14. The molecule has 0 fully saturated rings. The topological polar surface area (TPSA) is 0 Å². The summed E-state index contributed by atoms with van der Waals surface area (Å²) in [5.41, 5.74) is 3.13. The van der Waals surface area contributed by atoms with Crippen molar-refractivity contribution in [3.05, 3.63) is 30.4 Å². The van der Waals surface area contributed by atoms with Crippen molar-refractivity contribution in [1.82, 2.24) is 0 Å². The van der Waals surface area contributed by atoms with Crippen LogP contribution in [0, 0.1) is 30.8 Å². The molecular weight excluding hydrogens is 566 g/mol. The Morgan fingerprint density at radius 1 is 0.571 bits per heavy atom. The molecule has 0 aliphatic rings. The van der Waals surface area contributed by atoms with Crippen LogP contribution in [0.4, 0.5) is 0 Å². The second kappa shape index (κ2) is 14.6. The Bertz CT molecular complexity index is 498. The molecule has 0 unspecified atom stereocenters.